The predicted octanol–water partition coefficient (Wildman–Crippen LogP) is 2.16. The number of rotatable bonds is 0. The van der Waals surface area contributed by atoms with Gasteiger partial charge in [0, 0.05) is 23.6 Å². The van der Waals surface area contributed by atoms with E-state index in [0.717, 1.165) is 5.56 Å². The summed E-state index contributed by atoms with van der Waals surface area (Å²) >= 11 is 0. The molecule has 0 spiro atoms. The van der Waals surface area contributed by atoms with Crippen LogP contribution in [0.2, 0.25) is 0 Å². The summed E-state index contributed by atoms with van der Waals surface area (Å²) in [7, 11) is 0. The highest BCUT2D eigenvalue weighted by atomic mass is 16.5. The fourth-order valence-electron chi connectivity index (χ4n) is 2.01. The van der Waals surface area contributed by atoms with Crippen molar-refractivity contribution in [2.24, 2.45) is 5.41 Å². The molecule has 1 aliphatic heterocycles. The molecule has 0 aromatic heterocycles. The smallest absolute Gasteiger partial charge is 0.228 e. The molecule has 0 saturated carbocycles. The zero-order valence-corrected chi connectivity index (χ0v) is 11.1. The van der Waals surface area contributed by atoms with Crippen molar-refractivity contribution in [1.29, 1.82) is 0 Å². The minimum atomic E-state index is -0.387. The van der Waals surface area contributed by atoms with Crippen molar-refractivity contribution in [3.63, 3.8) is 0 Å². The van der Waals surface area contributed by atoms with Crippen LogP contribution in [0.1, 0.15) is 26.3 Å². The van der Waals surface area contributed by atoms with Crippen molar-refractivity contribution in [2.45, 2.75) is 27.3 Å². The van der Waals surface area contributed by atoms with E-state index in [4.69, 9.17) is 4.74 Å². The van der Waals surface area contributed by atoms with Crippen LogP contribution < -0.4 is 4.74 Å². The first-order valence-corrected chi connectivity index (χ1v) is 6.12. The van der Waals surface area contributed by atoms with E-state index in [1.54, 1.807) is 18.2 Å². The Morgan fingerprint density at radius 1 is 1.39 bits per heavy atom. The number of ether oxygens (including phenoxy) is 1. The van der Waals surface area contributed by atoms with Gasteiger partial charge < -0.3 is 14.7 Å². The molecule has 0 atom stereocenters. The molecule has 0 radical (unpaired) electrons. The SMILES string of the molecule is CC(C)(C)C(=O)N1CCOc2cc(O)ccc2C1. The zero-order chi connectivity index (χ0) is 13.3. The standard InChI is InChI=1S/C14H19NO3/c1-14(2,3)13(17)15-6-7-18-12-8-11(16)5-4-10(12)9-15/h4-5,8,16H,6-7,9H2,1-3H3. The Bertz CT molecular complexity index is 463. The van der Waals surface area contributed by atoms with Gasteiger partial charge in [-0.2, -0.15) is 0 Å². The van der Waals surface area contributed by atoms with Gasteiger partial charge in [0.25, 0.3) is 0 Å². The number of hydrogen-bond acceptors (Lipinski definition) is 3. The maximum absolute atomic E-state index is 12.3. The topological polar surface area (TPSA) is 49.8 Å². The molecule has 0 bridgehead atoms. The van der Waals surface area contributed by atoms with Gasteiger partial charge in [0.15, 0.2) is 0 Å². The summed E-state index contributed by atoms with van der Waals surface area (Å²) in [5, 5.41) is 9.42. The van der Waals surface area contributed by atoms with Crippen LogP contribution in [0.5, 0.6) is 11.5 Å². The molecular formula is C14H19NO3. The summed E-state index contributed by atoms with van der Waals surface area (Å²) in [6.45, 7) is 7.31. The van der Waals surface area contributed by atoms with E-state index in [9.17, 15) is 9.90 Å². The Balaban J connectivity index is 2.24. The Hall–Kier alpha value is -1.71. The summed E-state index contributed by atoms with van der Waals surface area (Å²) in [6, 6.07) is 5.02. The van der Waals surface area contributed by atoms with Crippen LogP contribution in [0.4, 0.5) is 0 Å². The summed E-state index contributed by atoms with van der Waals surface area (Å²) in [6.07, 6.45) is 0. The molecule has 1 N–H and O–H groups in total. The molecule has 0 fully saturated rings. The largest absolute Gasteiger partial charge is 0.508 e. The van der Waals surface area contributed by atoms with Crippen LogP contribution in [-0.2, 0) is 11.3 Å². The van der Waals surface area contributed by atoms with Gasteiger partial charge in [0.2, 0.25) is 5.91 Å². The Labute approximate surface area is 107 Å². The maximum atomic E-state index is 12.3. The van der Waals surface area contributed by atoms with Crippen LogP contribution in [0.3, 0.4) is 0 Å². The Morgan fingerprint density at radius 2 is 2.11 bits per heavy atom. The van der Waals surface area contributed by atoms with E-state index in [2.05, 4.69) is 0 Å². The van der Waals surface area contributed by atoms with Gasteiger partial charge in [-0.05, 0) is 12.1 Å². The van der Waals surface area contributed by atoms with Crippen molar-refractivity contribution >= 4 is 5.91 Å². The van der Waals surface area contributed by atoms with Gasteiger partial charge in [-0.15, -0.1) is 0 Å². The molecule has 0 unspecified atom stereocenters. The molecule has 4 heteroatoms. The molecule has 18 heavy (non-hydrogen) atoms. The molecule has 4 nitrogen and oxygen atoms in total. The second kappa shape index (κ2) is 4.52. The summed E-state index contributed by atoms with van der Waals surface area (Å²) < 4.78 is 5.57. The van der Waals surface area contributed by atoms with E-state index in [-0.39, 0.29) is 17.1 Å². The van der Waals surface area contributed by atoms with Crippen molar-refractivity contribution in [2.75, 3.05) is 13.2 Å². The van der Waals surface area contributed by atoms with Crippen LogP contribution in [0.15, 0.2) is 18.2 Å². The van der Waals surface area contributed by atoms with Gasteiger partial charge in [-0.25, -0.2) is 0 Å². The lowest BCUT2D eigenvalue weighted by molar-refractivity contribution is -0.140. The number of phenols is 1. The average Bonchev–Trinajstić information content (AvgIpc) is 2.48. The van der Waals surface area contributed by atoms with Crippen LogP contribution in [-0.4, -0.2) is 29.1 Å². The molecule has 2 rings (SSSR count). The normalized spacial score (nSPS) is 15.6. The highest BCUT2D eigenvalue weighted by Crippen LogP contribution is 2.29. The molecule has 1 heterocycles. The van der Waals surface area contributed by atoms with E-state index in [0.29, 0.717) is 25.4 Å². The van der Waals surface area contributed by atoms with Gasteiger partial charge in [0.05, 0.1) is 6.54 Å². The molecular weight excluding hydrogens is 230 g/mol. The minimum Gasteiger partial charge on any atom is -0.508 e. The van der Waals surface area contributed by atoms with Gasteiger partial charge >= 0.3 is 0 Å². The second-order valence-electron chi connectivity index (χ2n) is 5.62. The van der Waals surface area contributed by atoms with E-state index >= 15 is 0 Å². The lowest BCUT2D eigenvalue weighted by Crippen LogP contribution is -2.40. The number of benzene rings is 1. The third kappa shape index (κ3) is 2.58. The summed E-state index contributed by atoms with van der Waals surface area (Å²) in [4.78, 5) is 14.1. The van der Waals surface area contributed by atoms with Crippen LogP contribution in [0, 0.1) is 5.41 Å². The first-order chi connectivity index (χ1) is 8.38. The zero-order valence-electron chi connectivity index (χ0n) is 11.1. The van der Waals surface area contributed by atoms with Crippen molar-refractivity contribution in [3.8, 4) is 11.5 Å². The summed E-state index contributed by atoms with van der Waals surface area (Å²) in [5.74, 6) is 0.968. The number of fused-ring (bicyclic) bond motifs is 1. The maximum Gasteiger partial charge on any atom is 0.228 e. The molecule has 1 aromatic rings. The molecule has 1 amide bonds. The third-order valence-electron chi connectivity index (χ3n) is 2.96. The van der Waals surface area contributed by atoms with Crippen molar-refractivity contribution < 1.29 is 14.6 Å². The predicted molar refractivity (Wildman–Crippen MR) is 68.5 cm³/mol. The van der Waals surface area contributed by atoms with E-state index < -0.39 is 0 Å². The third-order valence-corrected chi connectivity index (χ3v) is 2.96. The highest BCUT2D eigenvalue weighted by Gasteiger charge is 2.29. The van der Waals surface area contributed by atoms with Gasteiger partial charge in [-0.1, -0.05) is 20.8 Å². The number of carbonyl (C=O) groups excluding carboxylic acids is 1. The van der Waals surface area contributed by atoms with Crippen molar-refractivity contribution in [3.05, 3.63) is 23.8 Å². The van der Waals surface area contributed by atoms with Gasteiger partial charge in [-0.3, -0.25) is 4.79 Å². The molecule has 0 saturated heterocycles. The van der Waals surface area contributed by atoms with Crippen molar-refractivity contribution in [1.82, 2.24) is 4.90 Å². The average molecular weight is 249 g/mol. The first-order valence-electron chi connectivity index (χ1n) is 6.12. The van der Waals surface area contributed by atoms with Crippen LogP contribution >= 0.6 is 0 Å². The first kappa shape index (κ1) is 12.7. The second-order valence-corrected chi connectivity index (χ2v) is 5.62. The number of amides is 1. The lowest BCUT2D eigenvalue weighted by atomic mass is 9.94. The molecule has 1 aromatic carbocycles. The molecule has 1 aliphatic rings. The van der Waals surface area contributed by atoms with Crippen LogP contribution in [0.25, 0.3) is 0 Å². The Morgan fingerprint density at radius 3 is 2.78 bits per heavy atom. The molecule has 0 aliphatic carbocycles. The fourth-order valence-corrected chi connectivity index (χ4v) is 2.01. The highest BCUT2D eigenvalue weighted by molar-refractivity contribution is 5.81. The minimum absolute atomic E-state index is 0.118. The number of carbonyl (C=O) groups is 1. The Kier molecular flexibility index (Phi) is 3.20. The number of aromatic hydroxyl groups is 1. The number of nitrogens with zero attached hydrogens (tertiary/aromatic N) is 1. The number of phenolic OH excluding ortho intramolecular Hbond substituents is 1. The molecule has 98 valence electrons. The monoisotopic (exact) mass is 249 g/mol. The van der Waals surface area contributed by atoms with E-state index in [1.807, 2.05) is 25.7 Å². The lowest BCUT2D eigenvalue weighted by Gasteiger charge is -2.27. The quantitative estimate of drug-likeness (QED) is 0.766. The summed E-state index contributed by atoms with van der Waals surface area (Å²) in [5.41, 5.74) is 0.546. The fraction of sp³-hybridized carbons (Fsp3) is 0.500. The van der Waals surface area contributed by atoms with Gasteiger partial charge in [0.1, 0.15) is 18.1 Å². The number of hydrogen-bond donors (Lipinski definition) is 1. The van der Waals surface area contributed by atoms with E-state index in [1.165, 1.54) is 0 Å².